The fraction of sp³-hybridized carbons (Fsp3) is 0.462. The Morgan fingerprint density at radius 2 is 2.20 bits per heavy atom. The highest BCUT2D eigenvalue weighted by atomic mass is 79.9. The van der Waals surface area contributed by atoms with Crippen molar-refractivity contribution in [1.29, 1.82) is 0 Å². The monoisotopic (exact) mass is 339 g/mol. The summed E-state index contributed by atoms with van der Waals surface area (Å²) in [5, 5.41) is 14.7. The van der Waals surface area contributed by atoms with E-state index in [1.54, 1.807) is 4.68 Å². The summed E-state index contributed by atoms with van der Waals surface area (Å²) in [4.78, 5) is 0. The van der Waals surface area contributed by atoms with Gasteiger partial charge >= 0.3 is 0 Å². The minimum Gasteiger partial charge on any atom is -0.491 e. The molecule has 0 aliphatic rings. The van der Waals surface area contributed by atoms with E-state index in [9.17, 15) is 0 Å². The van der Waals surface area contributed by atoms with Crippen LogP contribution < -0.4 is 10.1 Å². The molecule has 0 aliphatic carbocycles. The first-order chi connectivity index (χ1) is 9.60. The van der Waals surface area contributed by atoms with Gasteiger partial charge in [0, 0.05) is 23.1 Å². The lowest BCUT2D eigenvalue weighted by Crippen LogP contribution is -2.11. The highest BCUT2D eigenvalue weighted by Gasteiger charge is 2.09. The molecule has 1 N–H and O–H groups in total. The largest absolute Gasteiger partial charge is 0.491 e. The van der Waals surface area contributed by atoms with Gasteiger partial charge in [-0.3, -0.25) is 0 Å². The lowest BCUT2D eigenvalue weighted by molar-refractivity contribution is 0.240. The summed E-state index contributed by atoms with van der Waals surface area (Å²) in [5.41, 5.74) is 1.05. The normalized spacial score (nSPS) is 10.8. The summed E-state index contributed by atoms with van der Waals surface area (Å²) in [7, 11) is 0. The van der Waals surface area contributed by atoms with Gasteiger partial charge in [0.1, 0.15) is 5.75 Å². The van der Waals surface area contributed by atoms with Gasteiger partial charge in [-0.1, -0.05) is 21.0 Å². The van der Waals surface area contributed by atoms with E-state index in [0.717, 1.165) is 22.3 Å². The van der Waals surface area contributed by atoms with E-state index in [4.69, 9.17) is 4.74 Å². The van der Waals surface area contributed by atoms with Crippen molar-refractivity contribution in [3.8, 4) is 5.75 Å². The van der Waals surface area contributed by atoms with Gasteiger partial charge < -0.3 is 10.1 Å². The van der Waals surface area contributed by atoms with Crippen molar-refractivity contribution in [3.63, 3.8) is 0 Å². The number of hydrogen-bond donors (Lipinski definition) is 1. The number of nitrogens with one attached hydrogen (secondary N) is 1. The molecule has 2 rings (SSSR count). The molecule has 108 valence electrons. The van der Waals surface area contributed by atoms with Crippen molar-refractivity contribution in [2.45, 2.75) is 40.0 Å². The lowest BCUT2D eigenvalue weighted by atomic mass is 10.2. The van der Waals surface area contributed by atoms with Gasteiger partial charge in [0.2, 0.25) is 5.95 Å². The predicted octanol–water partition coefficient (Wildman–Crippen LogP) is 2.85. The number of nitrogens with zero attached hydrogens (tertiary/aromatic N) is 4. The number of halogens is 1. The SMILES string of the molecule is CCn1nnnc1NCc1cc(Br)ccc1OC(C)C. The predicted molar refractivity (Wildman–Crippen MR) is 80.7 cm³/mol. The average molecular weight is 340 g/mol. The zero-order chi connectivity index (χ0) is 14.5. The maximum atomic E-state index is 5.81. The molecule has 0 aliphatic heterocycles. The Hall–Kier alpha value is -1.63. The summed E-state index contributed by atoms with van der Waals surface area (Å²) in [6.45, 7) is 7.34. The van der Waals surface area contributed by atoms with Crippen LogP contribution in [0.4, 0.5) is 5.95 Å². The zero-order valence-electron chi connectivity index (χ0n) is 11.8. The van der Waals surface area contributed by atoms with E-state index < -0.39 is 0 Å². The molecule has 0 bridgehead atoms. The third kappa shape index (κ3) is 3.69. The minimum atomic E-state index is 0.135. The molecular formula is C13H18BrN5O. The molecule has 2 aromatic rings. The third-order valence-electron chi connectivity index (χ3n) is 2.65. The Morgan fingerprint density at radius 1 is 1.40 bits per heavy atom. The highest BCUT2D eigenvalue weighted by molar-refractivity contribution is 9.10. The van der Waals surface area contributed by atoms with Crippen molar-refractivity contribution in [2.24, 2.45) is 0 Å². The number of aromatic nitrogens is 4. The molecule has 0 saturated heterocycles. The first-order valence-corrected chi connectivity index (χ1v) is 7.34. The molecular weight excluding hydrogens is 322 g/mol. The Labute approximate surface area is 126 Å². The second-order valence-electron chi connectivity index (χ2n) is 4.59. The number of hydrogen-bond acceptors (Lipinski definition) is 5. The Balaban J connectivity index is 2.13. The van der Waals surface area contributed by atoms with E-state index in [1.165, 1.54) is 0 Å². The number of rotatable bonds is 6. The molecule has 1 heterocycles. The number of benzene rings is 1. The topological polar surface area (TPSA) is 64.9 Å². The van der Waals surface area contributed by atoms with Gasteiger partial charge in [-0.2, -0.15) is 0 Å². The number of tetrazole rings is 1. The summed E-state index contributed by atoms with van der Waals surface area (Å²) >= 11 is 3.48. The van der Waals surface area contributed by atoms with Crippen LogP contribution >= 0.6 is 15.9 Å². The number of aryl methyl sites for hydroxylation is 1. The zero-order valence-corrected chi connectivity index (χ0v) is 13.4. The van der Waals surface area contributed by atoms with Crippen LogP contribution in [0.1, 0.15) is 26.3 Å². The van der Waals surface area contributed by atoms with Crippen molar-refractivity contribution in [2.75, 3.05) is 5.32 Å². The van der Waals surface area contributed by atoms with Crippen molar-refractivity contribution >= 4 is 21.9 Å². The summed E-state index contributed by atoms with van der Waals surface area (Å²) in [6.07, 6.45) is 0.135. The molecule has 6 nitrogen and oxygen atoms in total. The van der Waals surface area contributed by atoms with Gasteiger partial charge in [0.15, 0.2) is 0 Å². The van der Waals surface area contributed by atoms with Gasteiger partial charge in [0.05, 0.1) is 6.10 Å². The van der Waals surface area contributed by atoms with E-state index in [0.29, 0.717) is 12.5 Å². The maximum absolute atomic E-state index is 5.81. The summed E-state index contributed by atoms with van der Waals surface area (Å²) in [5.74, 6) is 1.52. The van der Waals surface area contributed by atoms with Crippen LogP contribution in [0.2, 0.25) is 0 Å². The second kappa shape index (κ2) is 6.69. The van der Waals surface area contributed by atoms with Crippen LogP contribution in [0.15, 0.2) is 22.7 Å². The van der Waals surface area contributed by atoms with Crippen molar-refractivity contribution < 1.29 is 4.74 Å². The van der Waals surface area contributed by atoms with Crippen molar-refractivity contribution in [3.05, 3.63) is 28.2 Å². The van der Waals surface area contributed by atoms with Gasteiger partial charge in [-0.05, 0) is 49.4 Å². The second-order valence-corrected chi connectivity index (χ2v) is 5.51. The van der Waals surface area contributed by atoms with Crippen LogP contribution in [0.3, 0.4) is 0 Å². The standard InChI is InChI=1S/C13H18BrN5O/c1-4-19-13(16-17-18-19)15-8-10-7-11(14)5-6-12(10)20-9(2)3/h5-7,9H,4,8H2,1-3H3,(H,15,16,18). The first-order valence-electron chi connectivity index (χ1n) is 6.55. The van der Waals surface area contributed by atoms with E-state index in [1.807, 2.05) is 39.0 Å². The molecule has 1 aromatic heterocycles. The molecule has 0 unspecified atom stereocenters. The van der Waals surface area contributed by atoms with E-state index in [-0.39, 0.29) is 6.10 Å². The van der Waals surface area contributed by atoms with Gasteiger partial charge in [-0.15, -0.1) is 0 Å². The molecule has 0 saturated carbocycles. The fourth-order valence-electron chi connectivity index (χ4n) is 1.77. The van der Waals surface area contributed by atoms with Crippen LogP contribution in [-0.4, -0.2) is 26.3 Å². The van der Waals surface area contributed by atoms with Crippen LogP contribution in [0, 0.1) is 0 Å². The fourth-order valence-corrected chi connectivity index (χ4v) is 2.18. The van der Waals surface area contributed by atoms with Gasteiger partial charge in [0.25, 0.3) is 0 Å². The first kappa shape index (κ1) is 14.8. The lowest BCUT2D eigenvalue weighted by Gasteiger charge is -2.15. The Morgan fingerprint density at radius 3 is 2.90 bits per heavy atom. The maximum Gasteiger partial charge on any atom is 0.243 e. The minimum absolute atomic E-state index is 0.135. The quantitative estimate of drug-likeness (QED) is 0.876. The molecule has 0 atom stereocenters. The average Bonchev–Trinajstić information content (AvgIpc) is 2.86. The Kier molecular flexibility index (Phi) is 4.94. The highest BCUT2D eigenvalue weighted by Crippen LogP contribution is 2.25. The van der Waals surface area contributed by atoms with Gasteiger partial charge in [-0.25, -0.2) is 4.68 Å². The van der Waals surface area contributed by atoms with Crippen molar-refractivity contribution in [1.82, 2.24) is 20.2 Å². The van der Waals surface area contributed by atoms with E-state index in [2.05, 4.69) is 36.8 Å². The molecule has 20 heavy (non-hydrogen) atoms. The van der Waals surface area contributed by atoms with E-state index >= 15 is 0 Å². The number of ether oxygens (including phenoxy) is 1. The molecule has 0 spiro atoms. The summed E-state index contributed by atoms with van der Waals surface area (Å²) in [6, 6.07) is 5.96. The van der Waals surface area contributed by atoms with Crippen LogP contribution in [0.25, 0.3) is 0 Å². The molecule has 0 radical (unpaired) electrons. The Bertz CT molecular complexity index is 570. The number of anilines is 1. The van der Waals surface area contributed by atoms with Crippen LogP contribution in [0.5, 0.6) is 5.75 Å². The van der Waals surface area contributed by atoms with Crippen LogP contribution in [-0.2, 0) is 13.1 Å². The molecule has 0 fully saturated rings. The third-order valence-corrected chi connectivity index (χ3v) is 3.15. The smallest absolute Gasteiger partial charge is 0.243 e. The summed E-state index contributed by atoms with van der Waals surface area (Å²) < 4.78 is 8.53. The molecule has 0 amide bonds. The molecule has 1 aromatic carbocycles. The molecule has 7 heteroatoms.